The Hall–Kier alpha value is -3.09. The van der Waals surface area contributed by atoms with Crippen molar-refractivity contribution in [3.63, 3.8) is 0 Å². The number of hydrogen-bond acceptors (Lipinski definition) is 4. The minimum atomic E-state index is -0.423. The molecule has 3 aromatic rings. The molecule has 0 aliphatic carbocycles. The number of benzene rings is 3. The van der Waals surface area contributed by atoms with Crippen molar-refractivity contribution in [1.82, 2.24) is 0 Å². The number of ether oxygens (including phenoxy) is 1. The molecule has 7 heteroatoms. The van der Waals surface area contributed by atoms with Crippen molar-refractivity contribution in [1.29, 1.82) is 0 Å². The second-order valence-electron chi connectivity index (χ2n) is 6.41. The average molecular weight is 440 g/mol. The van der Waals surface area contributed by atoms with Crippen molar-refractivity contribution in [2.75, 3.05) is 4.90 Å². The van der Waals surface area contributed by atoms with Crippen LogP contribution < -0.4 is 9.64 Å². The highest BCUT2D eigenvalue weighted by Crippen LogP contribution is 2.35. The third-order valence-corrected chi connectivity index (χ3v) is 5.65. The van der Waals surface area contributed by atoms with Gasteiger partial charge in [-0.2, -0.15) is 0 Å². The van der Waals surface area contributed by atoms with Crippen LogP contribution in [-0.2, 0) is 11.4 Å². The lowest BCUT2D eigenvalue weighted by molar-refractivity contribution is -0.113. The second kappa shape index (κ2) is 8.73. The molecule has 150 valence electrons. The maximum absolute atomic E-state index is 13.8. The molecule has 0 unspecified atom stereocenters. The number of carbonyl (C=O) groups is 2. The van der Waals surface area contributed by atoms with Crippen molar-refractivity contribution in [2.45, 2.75) is 6.61 Å². The van der Waals surface area contributed by atoms with E-state index in [4.69, 9.17) is 16.3 Å². The fourth-order valence-electron chi connectivity index (χ4n) is 2.90. The molecule has 1 heterocycles. The summed E-state index contributed by atoms with van der Waals surface area (Å²) in [6, 6.07) is 20.2. The Kier molecular flexibility index (Phi) is 5.88. The molecule has 0 radical (unpaired) electrons. The number of para-hydroxylation sites is 1. The first-order chi connectivity index (χ1) is 14.5. The molecule has 30 heavy (non-hydrogen) atoms. The number of hydrogen-bond donors (Lipinski definition) is 0. The van der Waals surface area contributed by atoms with Gasteiger partial charge in [0.2, 0.25) is 0 Å². The lowest BCUT2D eigenvalue weighted by Gasteiger charge is -2.11. The minimum absolute atomic E-state index is 0.000811. The normalized spacial score (nSPS) is 15.1. The molecule has 0 bridgehead atoms. The van der Waals surface area contributed by atoms with E-state index in [1.165, 1.54) is 12.1 Å². The summed E-state index contributed by atoms with van der Waals surface area (Å²) >= 11 is 6.90. The molecule has 0 aromatic heterocycles. The predicted octanol–water partition coefficient (Wildman–Crippen LogP) is 6.30. The molecule has 2 amide bonds. The van der Waals surface area contributed by atoms with Crippen molar-refractivity contribution >= 4 is 46.3 Å². The van der Waals surface area contributed by atoms with Gasteiger partial charge in [0.05, 0.1) is 15.6 Å². The van der Waals surface area contributed by atoms with Crippen LogP contribution in [0.5, 0.6) is 5.75 Å². The van der Waals surface area contributed by atoms with Crippen molar-refractivity contribution in [3.8, 4) is 5.75 Å². The molecule has 4 rings (SSSR count). The number of thioether (sulfide) groups is 1. The number of amides is 2. The fraction of sp³-hybridized carbons (Fsp3) is 0.0435. The van der Waals surface area contributed by atoms with E-state index in [9.17, 15) is 14.0 Å². The predicted molar refractivity (Wildman–Crippen MR) is 117 cm³/mol. The Balaban J connectivity index is 1.46. The number of rotatable bonds is 5. The highest BCUT2D eigenvalue weighted by molar-refractivity contribution is 8.19. The van der Waals surface area contributed by atoms with Gasteiger partial charge in [0.15, 0.2) is 0 Å². The smallest absolute Gasteiger partial charge is 0.298 e. The minimum Gasteiger partial charge on any atom is -0.489 e. The first-order valence-corrected chi connectivity index (χ1v) is 10.2. The molecule has 0 atom stereocenters. The van der Waals surface area contributed by atoms with E-state index in [2.05, 4.69) is 0 Å². The van der Waals surface area contributed by atoms with E-state index in [1.807, 2.05) is 6.07 Å². The monoisotopic (exact) mass is 439 g/mol. The molecule has 4 nitrogen and oxygen atoms in total. The molecule has 1 aliphatic rings. The summed E-state index contributed by atoms with van der Waals surface area (Å²) < 4.78 is 19.4. The van der Waals surface area contributed by atoms with E-state index in [1.54, 1.807) is 60.7 Å². The summed E-state index contributed by atoms with van der Waals surface area (Å²) in [7, 11) is 0. The van der Waals surface area contributed by atoms with Crippen molar-refractivity contribution in [2.24, 2.45) is 0 Å². The molecule has 0 spiro atoms. The molecule has 0 saturated carbocycles. The number of halogens is 2. The first-order valence-electron chi connectivity index (χ1n) is 9.02. The summed E-state index contributed by atoms with van der Waals surface area (Å²) in [4.78, 5) is 26.4. The van der Waals surface area contributed by atoms with Gasteiger partial charge in [0.1, 0.15) is 18.2 Å². The fourth-order valence-corrected chi connectivity index (χ4v) is 3.96. The Morgan fingerprint density at radius 2 is 1.70 bits per heavy atom. The molecular weight excluding hydrogens is 425 g/mol. The molecule has 1 fully saturated rings. The van der Waals surface area contributed by atoms with Crippen LogP contribution in [0.15, 0.2) is 77.7 Å². The number of carbonyl (C=O) groups excluding carboxylic acids is 2. The summed E-state index contributed by atoms with van der Waals surface area (Å²) in [6.07, 6.45) is 1.66. The lowest BCUT2D eigenvalue weighted by Crippen LogP contribution is -2.27. The van der Waals surface area contributed by atoms with Gasteiger partial charge in [-0.3, -0.25) is 9.59 Å². The van der Waals surface area contributed by atoms with E-state index < -0.39 is 5.82 Å². The van der Waals surface area contributed by atoms with E-state index in [-0.39, 0.29) is 23.3 Å². The maximum atomic E-state index is 13.8. The van der Waals surface area contributed by atoms with Crippen LogP contribution in [0.25, 0.3) is 6.08 Å². The maximum Gasteiger partial charge on any atom is 0.298 e. The van der Waals surface area contributed by atoms with Crippen LogP contribution in [0.1, 0.15) is 11.1 Å². The third-order valence-electron chi connectivity index (χ3n) is 4.43. The van der Waals surface area contributed by atoms with Gasteiger partial charge in [-0.05, 0) is 59.8 Å². The molecule has 1 saturated heterocycles. The van der Waals surface area contributed by atoms with Gasteiger partial charge in [0.25, 0.3) is 11.1 Å². The van der Waals surface area contributed by atoms with Crippen LogP contribution >= 0.6 is 23.4 Å². The lowest BCUT2D eigenvalue weighted by atomic mass is 10.2. The number of nitrogens with zero attached hydrogens (tertiary/aromatic N) is 1. The largest absolute Gasteiger partial charge is 0.489 e. The van der Waals surface area contributed by atoms with Gasteiger partial charge in [-0.1, -0.05) is 48.0 Å². The SMILES string of the molecule is O=C1S/C(=C/c2ccc(OCc3c(F)cccc3Cl)cc2)C(=O)N1c1ccccc1. The summed E-state index contributed by atoms with van der Waals surface area (Å²) in [6.45, 7) is 0.000811. The second-order valence-corrected chi connectivity index (χ2v) is 7.81. The Morgan fingerprint density at radius 3 is 2.40 bits per heavy atom. The highest BCUT2D eigenvalue weighted by Gasteiger charge is 2.36. The molecule has 1 aliphatic heterocycles. The number of imide groups is 1. The van der Waals surface area contributed by atoms with Crippen LogP contribution in [0.3, 0.4) is 0 Å². The highest BCUT2D eigenvalue weighted by atomic mass is 35.5. The van der Waals surface area contributed by atoms with Gasteiger partial charge in [0, 0.05) is 5.56 Å². The zero-order chi connectivity index (χ0) is 21.1. The van der Waals surface area contributed by atoms with Crippen molar-refractivity contribution in [3.05, 3.63) is 99.7 Å². The number of anilines is 1. The Labute approximate surface area is 181 Å². The van der Waals surface area contributed by atoms with E-state index in [0.717, 1.165) is 22.2 Å². The summed E-state index contributed by atoms with van der Waals surface area (Å²) in [5.74, 6) is -0.247. The van der Waals surface area contributed by atoms with Crippen LogP contribution in [0.2, 0.25) is 5.02 Å². The van der Waals surface area contributed by atoms with Crippen LogP contribution in [0, 0.1) is 5.82 Å². The Bertz CT molecular complexity index is 1110. The standard InChI is InChI=1S/C23H15ClFNO3S/c24-19-7-4-8-20(25)18(19)14-29-17-11-9-15(10-12-17)13-21-22(27)26(23(28)30-21)16-5-2-1-3-6-16/h1-13H,14H2/b21-13+. The first kappa shape index (κ1) is 20.2. The Morgan fingerprint density at radius 1 is 0.967 bits per heavy atom. The van der Waals surface area contributed by atoms with Crippen molar-refractivity contribution < 1.29 is 18.7 Å². The van der Waals surface area contributed by atoms with E-state index >= 15 is 0 Å². The topological polar surface area (TPSA) is 46.6 Å². The van der Waals surface area contributed by atoms with Gasteiger partial charge >= 0.3 is 0 Å². The molecular formula is C23H15ClFNO3S. The van der Waals surface area contributed by atoms with Crippen LogP contribution in [-0.4, -0.2) is 11.1 Å². The molecule has 3 aromatic carbocycles. The summed E-state index contributed by atoms with van der Waals surface area (Å²) in [5.41, 5.74) is 1.57. The zero-order valence-corrected chi connectivity index (χ0v) is 17.1. The zero-order valence-electron chi connectivity index (χ0n) is 15.5. The third kappa shape index (κ3) is 4.25. The van der Waals surface area contributed by atoms with Crippen LogP contribution in [0.4, 0.5) is 14.9 Å². The van der Waals surface area contributed by atoms with E-state index in [0.29, 0.717) is 21.4 Å². The van der Waals surface area contributed by atoms with Gasteiger partial charge in [-0.25, -0.2) is 9.29 Å². The van der Waals surface area contributed by atoms with Gasteiger partial charge in [-0.15, -0.1) is 0 Å². The quantitative estimate of drug-likeness (QED) is 0.438. The average Bonchev–Trinajstić information content (AvgIpc) is 3.02. The van der Waals surface area contributed by atoms with Gasteiger partial charge < -0.3 is 4.74 Å². The molecule has 0 N–H and O–H groups in total. The summed E-state index contributed by atoms with van der Waals surface area (Å²) in [5, 5.41) is -0.0278.